The van der Waals surface area contributed by atoms with Crippen molar-refractivity contribution < 1.29 is 4.74 Å². The van der Waals surface area contributed by atoms with Crippen molar-refractivity contribution >= 4 is 0 Å². The Morgan fingerprint density at radius 3 is 3.25 bits per heavy atom. The highest BCUT2D eigenvalue weighted by molar-refractivity contribution is 5.05. The molecule has 0 N–H and O–H groups in total. The maximum absolute atomic E-state index is 5.00. The van der Waals surface area contributed by atoms with E-state index >= 15 is 0 Å². The topological polar surface area (TPSA) is 9.23 Å². The summed E-state index contributed by atoms with van der Waals surface area (Å²) >= 11 is 0. The summed E-state index contributed by atoms with van der Waals surface area (Å²) < 4.78 is 5.00. The Morgan fingerprint density at radius 2 is 2.75 bits per heavy atom. The lowest BCUT2D eigenvalue weighted by molar-refractivity contribution is 0.281. The van der Waals surface area contributed by atoms with Gasteiger partial charge in [-0.05, 0) is 12.0 Å². The summed E-state index contributed by atoms with van der Waals surface area (Å²) in [5.74, 6) is 0. The van der Waals surface area contributed by atoms with E-state index < -0.39 is 0 Å². The Bertz CT molecular complexity index is 114. The van der Waals surface area contributed by atoms with Crippen molar-refractivity contribution in [2.45, 2.75) is 12.8 Å². The minimum atomic E-state index is 0.864. The van der Waals surface area contributed by atoms with Crippen LogP contribution in [0.5, 0.6) is 0 Å². The van der Waals surface area contributed by atoms with Gasteiger partial charge >= 0.3 is 0 Å². The average Bonchev–Trinajstić information content (AvgIpc) is 2.19. The summed E-state index contributed by atoms with van der Waals surface area (Å²) in [7, 11) is 0. The number of rotatable bonds is 2. The van der Waals surface area contributed by atoms with Gasteiger partial charge in [-0.25, -0.2) is 0 Å². The second-order valence-corrected chi connectivity index (χ2v) is 1.89. The fraction of sp³-hybridized carbons (Fsp3) is 0.429. The molecule has 0 aromatic carbocycles. The quantitative estimate of drug-likeness (QED) is 0.493. The van der Waals surface area contributed by atoms with Gasteiger partial charge in [0.2, 0.25) is 0 Å². The first-order chi connectivity index (χ1) is 3.93. The Labute approximate surface area is 49.7 Å². The van der Waals surface area contributed by atoms with Crippen LogP contribution < -0.4 is 0 Å². The fourth-order valence-corrected chi connectivity index (χ4v) is 0.761. The highest BCUT2D eigenvalue weighted by Gasteiger charge is 2.01. The van der Waals surface area contributed by atoms with Gasteiger partial charge in [-0.15, -0.1) is 6.58 Å². The van der Waals surface area contributed by atoms with Crippen molar-refractivity contribution in [3.8, 4) is 0 Å². The first-order valence-corrected chi connectivity index (χ1v) is 2.84. The van der Waals surface area contributed by atoms with E-state index in [1.54, 1.807) is 0 Å². The summed E-state index contributed by atoms with van der Waals surface area (Å²) in [5.41, 5.74) is 1.36. The van der Waals surface area contributed by atoms with E-state index in [-0.39, 0.29) is 0 Å². The predicted molar refractivity (Wildman–Crippen MR) is 33.5 cm³/mol. The molecule has 0 amide bonds. The lowest BCUT2D eigenvalue weighted by Gasteiger charge is -1.86. The van der Waals surface area contributed by atoms with E-state index in [0.717, 1.165) is 19.4 Å². The van der Waals surface area contributed by atoms with E-state index in [2.05, 4.69) is 6.58 Å². The van der Waals surface area contributed by atoms with Gasteiger partial charge in [0.15, 0.2) is 0 Å². The number of hydrogen-bond acceptors (Lipinski definition) is 1. The van der Waals surface area contributed by atoms with Crippen LogP contribution in [0.15, 0.2) is 24.5 Å². The smallest absolute Gasteiger partial charge is 0.0911 e. The molecule has 1 heteroatoms. The third kappa shape index (κ3) is 1.12. The SMILES string of the molecule is C=CCC1=COCC1. The van der Waals surface area contributed by atoms with Gasteiger partial charge in [-0.2, -0.15) is 0 Å². The molecule has 0 aromatic heterocycles. The number of allylic oxidation sites excluding steroid dienone is 1. The van der Waals surface area contributed by atoms with Crippen molar-refractivity contribution in [1.82, 2.24) is 0 Å². The highest BCUT2D eigenvalue weighted by Crippen LogP contribution is 2.13. The molecule has 44 valence electrons. The molecule has 0 radical (unpaired) electrons. The summed E-state index contributed by atoms with van der Waals surface area (Å²) in [6, 6.07) is 0. The molecule has 1 nitrogen and oxygen atoms in total. The van der Waals surface area contributed by atoms with Crippen LogP contribution in [0, 0.1) is 0 Å². The molecule has 0 aromatic rings. The normalized spacial score (nSPS) is 17.2. The largest absolute Gasteiger partial charge is 0.501 e. The molecule has 0 fully saturated rings. The van der Waals surface area contributed by atoms with Crippen LogP contribution >= 0.6 is 0 Å². The second kappa shape index (κ2) is 2.55. The molecule has 0 aliphatic carbocycles. The van der Waals surface area contributed by atoms with Gasteiger partial charge < -0.3 is 4.74 Å². The highest BCUT2D eigenvalue weighted by atomic mass is 16.5. The molecule has 0 unspecified atom stereocenters. The molecule has 1 aliphatic heterocycles. The van der Waals surface area contributed by atoms with Crippen LogP contribution in [0.1, 0.15) is 12.8 Å². The molecule has 1 heterocycles. The van der Waals surface area contributed by atoms with E-state index in [4.69, 9.17) is 4.74 Å². The fourth-order valence-electron chi connectivity index (χ4n) is 0.761. The van der Waals surface area contributed by atoms with E-state index in [1.165, 1.54) is 5.57 Å². The van der Waals surface area contributed by atoms with Crippen LogP contribution in [0.2, 0.25) is 0 Å². The van der Waals surface area contributed by atoms with Crippen molar-refractivity contribution in [3.05, 3.63) is 24.5 Å². The summed E-state index contributed by atoms with van der Waals surface area (Å²) in [6.07, 6.45) is 5.81. The molecule has 8 heavy (non-hydrogen) atoms. The zero-order chi connectivity index (χ0) is 5.82. The molecular formula is C7H10O. The van der Waals surface area contributed by atoms with E-state index in [1.807, 2.05) is 12.3 Å². The Kier molecular flexibility index (Phi) is 1.73. The van der Waals surface area contributed by atoms with Crippen LogP contribution in [0.3, 0.4) is 0 Å². The van der Waals surface area contributed by atoms with Gasteiger partial charge in [-0.3, -0.25) is 0 Å². The maximum atomic E-state index is 5.00. The molecule has 0 atom stereocenters. The standard InChI is InChI=1S/C7H10O/c1-2-3-7-4-5-8-6-7/h2,6H,1,3-5H2. The van der Waals surface area contributed by atoms with Crippen LogP contribution in [0.4, 0.5) is 0 Å². The molecule has 0 saturated heterocycles. The lowest BCUT2D eigenvalue weighted by Crippen LogP contribution is -1.76. The van der Waals surface area contributed by atoms with Gasteiger partial charge in [0.05, 0.1) is 12.9 Å². The molecule has 0 saturated carbocycles. The lowest BCUT2D eigenvalue weighted by atomic mass is 10.2. The molecule has 1 aliphatic rings. The molecular weight excluding hydrogens is 100 g/mol. The second-order valence-electron chi connectivity index (χ2n) is 1.89. The van der Waals surface area contributed by atoms with Crippen LogP contribution in [0.25, 0.3) is 0 Å². The van der Waals surface area contributed by atoms with Crippen molar-refractivity contribution in [2.75, 3.05) is 6.61 Å². The average molecular weight is 110 g/mol. The summed E-state index contributed by atoms with van der Waals surface area (Å²) in [6.45, 7) is 4.49. The molecule has 0 bridgehead atoms. The van der Waals surface area contributed by atoms with Crippen molar-refractivity contribution in [1.29, 1.82) is 0 Å². The first-order valence-electron chi connectivity index (χ1n) is 2.84. The monoisotopic (exact) mass is 110 g/mol. The molecule has 0 spiro atoms. The van der Waals surface area contributed by atoms with Crippen molar-refractivity contribution in [3.63, 3.8) is 0 Å². The molecule has 1 rings (SSSR count). The van der Waals surface area contributed by atoms with E-state index in [9.17, 15) is 0 Å². The Morgan fingerprint density at radius 1 is 1.88 bits per heavy atom. The van der Waals surface area contributed by atoms with E-state index in [0.29, 0.717) is 0 Å². The minimum absolute atomic E-state index is 0.864. The Balaban J connectivity index is 2.33. The summed E-state index contributed by atoms with van der Waals surface area (Å²) in [5, 5.41) is 0. The first kappa shape index (κ1) is 5.42. The van der Waals surface area contributed by atoms with Crippen molar-refractivity contribution in [2.24, 2.45) is 0 Å². The van der Waals surface area contributed by atoms with Crippen LogP contribution in [-0.4, -0.2) is 6.61 Å². The zero-order valence-electron chi connectivity index (χ0n) is 4.89. The van der Waals surface area contributed by atoms with Gasteiger partial charge in [-0.1, -0.05) is 6.08 Å². The summed E-state index contributed by atoms with van der Waals surface area (Å²) in [4.78, 5) is 0. The number of ether oxygens (including phenoxy) is 1. The third-order valence-electron chi connectivity index (χ3n) is 1.20. The van der Waals surface area contributed by atoms with Crippen LogP contribution in [-0.2, 0) is 4.74 Å². The Hall–Kier alpha value is -0.720. The number of hydrogen-bond donors (Lipinski definition) is 0. The third-order valence-corrected chi connectivity index (χ3v) is 1.20. The van der Waals surface area contributed by atoms with Gasteiger partial charge in [0.25, 0.3) is 0 Å². The minimum Gasteiger partial charge on any atom is -0.501 e. The zero-order valence-corrected chi connectivity index (χ0v) is 4.89. The van der Waals surface area contributed by atoms with Gasteiger partial charge in [0, 0.05) is 6.42 Å². The maximum Gasteiger partial charge on any atom is 0.0911 e. The predicted octanol–water partition coefficient (Wildman–Crippen LogP) is 1.87. The van der Waals surface area contributed by atoms with Gasteiger partial charge in [0.1, 0.15) is 0 Å².